The number of likely N-dealkylation sites (tertiary alicyclic amines) is 1. The zero-order valence-electron chi connectivity index (χ0n) is 13.9. The van der Waals surface area contributed by atoms with Gasteiger partial charge in [0, 0.05) is 19.1 Å². The van der Waals surface area contributed by atoms with Crippen molar-refractivity contribution in [3.05, 3.63) is 34.9 Å². The highest BCUT2D eigenvalue weighted by Crippen LogP contribution is 2.20. The number of amides is 2. The highest BCUT2D eigenvalue weighted by Gasteiger charge is 2.32. The molecule has 23 heavy (non-hydrogen) atoms. The Morgan fingerprint density at radius 1 is 1.43 bits per heavy atom. The lowest BCUT2D eigenvalue weighted by molar-refractivity contribution is -0.134. The molecule has 0 bridgehead atoms. The van der Waals surface area contributed by atoms with Gasteiger partial charge in [-0.05, 0) is 44.0 Å². The fourth-order valence-electron chi connectivity index (χ4n) is 2.92. The van der Waals surface area contributed by atoms with Gasteiger partial charge in [-0.1, -0.05) is 23.7 Å². The van der Waals surface area contributed by atoms with Crippen molar-refractivity contribution in [3.8, 4) is 0 Å². The van der Waals surface area contributed by atoms with Crippen molar-refractivity contribution in [1.82, 2.24) is 15.1 Å². The number of hydrogen-bond donors (Lipinski definition) is 1. The second-order valence-electron chi connectivity index (χ2n) is 6.21. The Balaban J connectivity index is 1.92. The minimum absolute atomic E-state index is 0.0678. The molecule has 1 saturated heterocycles. The van der Waals surface area contributed by atoms with E-state index in [2.05, 4.69) is 5.32 Å². The van der Waals surface area contributed by atoms with E-state index in [9.17, 15) is 9.59 Å². The van der Waals surface area contributed by atoms with Crippen molar-refractivity contribution in [3.63, 3.8) is 0 Å². The molecular formula is C17H24ClN3O2. The highest BCUT2D eigenvalue weighted by atomic mass is 35.5. The molecule has 1 heterocycles. The van der Waals surface area contributed by atoms with E-state index in [0.29, 0.717) is 5.02 Å². The first kappa shape index (κ1) is 17.8. The SMILES string of the molecule is CC(NC(=O)CN1CCCC1C(=O)N(C)C)c1cccc(Cl)c1. The largest absolute Gasteiger partial charge is 0.348 e. The van der Waals surface area contributed by atoms with E-state index >= 15 is 0 Å². The van der Waals surface area contributed by atoms with Gasteiger partial charge in [0.15, 0.2) is 0 Å². The standard InChI is InChI=1S/C17H24ClN3O2/c1-12(13-6-4-7-14(18)10-13)19-16(22)11-21-9-5-8-15(21)17(23)20(2)3/h4,6-7,10,12,15H,5,8-9,11H2,1-3H3,(H,19,22). The van der Waals surface area contributed by atoms with Crippen molar-refractivity contribution in [2.24, 2.45) is 0 Å². The fourth-order valence-corrected chi connectivity index (χ4v) is 3.12. The summed E-state index contributed by atoms with van der Waals surface area (Å²) < 4.78 is 0. The van der Waals surface area contributed by atoms with Gasteiger partial charge in [-0.15, -0.1) is 0 Å². The smallest absolute Gasteiger partial charge is 0.239 e. The molecule has 126 valence electrons. The van der Waals surface area contributed by atoms with Crippen LogP contribution in [0.2, 0.25) is 5.02 Å². The maximum atomic E-state index is 12.3. The second kappa shape index (κ2) is 7.79. The number of rotatable bonds is 5. The summed E-state index contributed by atoms with van der Waals surface area (Å²) in [6.07, 6.45) is 1.76. The van der Waals surface area contributed by atoms with E-state index < -0.39 is 0 Å². The molecule has 1 fully saturated rings. The average Bonchev–Trinajstić information content (AvgIpc) is 2.94. The summed E-state index contributed by atoms with van der Waals surface area (Å²) in [5, 5.41) is 3.63. The molecule has 0 saturated carbocycles. The molecular weight excluding hydrogens is 314 g/mol. The number of nitrogens with one attached hydrogen (secondary N) is 1. The lowest BCUT2D eigenvalue weighted by Gasteiger charge is -2.26. The zero-order chi connectivity index (χ0) is 17.0. The third-order valence-corrected chi connectivity index (χ3v) is 4.40. The van der Waals surface area contributed by atoms with Crippen molar-refractivity contribution >= 4 is 23.4 Å². The van der Waals surface area contributed by atoms with E-state index in [4.69, 9.17) is 11.6 Å². The molecule has 1 aromatic carbocycles. The topological polar surface area (TPSA) is 52.7 Å². The summed E-state index contributed by atoms with van der Waals surface area (Å²) in [7, 11) is 3.50. The monoisotopic (exact) mass is 337 g/mol. The first-order valence-corrected chi connectivity index (χ1v) is 8.26. The van der Waals surface area contributed by atoms with Crippen molar-refractivity contribution in [2.45, 2.75) is 31.8 Å². The van der Waals surface area contributed by atoms with Gasteiger partial charge in [-0.3, -0.25) is 14.5 Å². The van der Waals surface area contributed by atoms with Gasteiger partial charge in [0.05, 0.1) is 18.6 Å². The minimum atomic E-state index is -0.183. The van der Waals surface area contributed by atoms with Gasteiger partial charge in [0.2, 0.25) is 11.8 Å². The quantitative estimate of drug-likeness (QED) is 0.895. The van der Waals surface area contributed by atoms with Crippen LogP contribution in [0.25, 0.3) is 0 Å². The van der Waals surface area contributed by atoms with Gasteiger partial charge in [0.25, 0.3) is 0 Å². The van der Waals surface area contributed by atoms with Crippen LogP contribution < -0.4 is 5.32 Å². The summed E-state index contributed by atoms with van der Waals surface area (Å²) in [6.45, 7) is 2.95. The molecule has 0 spiro atoms. The average molecular weight is 338 g/mol. The van der Waals surface area contributed by atoms with Crippen LogP contribution in [-0.4, -0.2) is 54.8 Å². The van der Waals surface area contributed by atoms with Crippen molar-refractivity contribution in [1.29, 1.82) is 0 Å². The Morgan fingerprint density at radius 2 is 2.17 bits per heavy atom. The molecule has 0 aliphatic carbocycles. The fraction of sp³-hybridized carbons (Fsp3) is 0.529. The Kier molecular flexibility index (Phi) is 6.02. The Bertz CT molecular complexity index is 577. The van der Waals surface area contributed by atoms with Crippen LogP contribution in [0.3, 0.4) is 0 Å². The Hall–Kier alpha value is -1.59. The van der Waals surface area contributed by atoms with E-state index in [1.807, 2.05) is 30.0 Å². The first-order chi connectivity index (χ1) is 10.9. The number of hydrogen-bond acceptors (Lipinski definition) is 3. The molecule has 1 N–H and O–H groups in total. The Labute approximate surface area is 142 Å². The van der Waals surface area contributed by atoms with Crippen molar-refractivity contribution in [2.75, 3.05) is 27.2 Å². The van der Waals surface area contributed by atoms with Gasteiger partial charge in [0.1, 0.15) is 0 Å². The number of benzene rings is 1. The molecule has 2 rings (SSSR count). The van der Waals surface area contributed by atoms with E-state index in [1.54, 1.807) is 25.1 Å². The zero-order valence-corrected chi connectivity index (χ0v) is 14.6. The summed E-state index contributed by atoms with van der Waals surface area (Å²) in [6, 6.07) is 7.16. The molecule has 1 aliphatic rings. The first-order valence-electron chi connectivity index (χ1n) is 7.88. The maximum Gasteiger partial charge on any atom is 0.239 e. The van der Waals surface area contributed by atoms with Gasteiger partial charge < -0.3 is 10.2 Å². The van der Waals surface area contributed by atoms with Crippen LogP contribution in [0.1, 0.15) is 31.4 Å². The molecule has 1 aliphatic heterocycles. The van der Waals surface area contributed by atoms with Gasteiger partial charge >= 0.3 is 0 Å². The predicted molar refractivity (Wildman–Crippen MR) is 91.3 cm³/mol. The summed E-state index contributed by atoms with van der Waals surface area (Å²) in [5.41, 5.74) is 0.966. The lowest BCUT2D eigenvalue weighted by atomic mass is 10.1. The molecule has 5 nitrogen and oxygen atoms in total. The molecule has 2 unspecified atom stereocenters. The lowest BCUT2D eigenvalue weighted by Crippen LogP contribution is -2.46. The van der Waals surface area contributed by atoms with Crippen LogP contribution in [0, 0.1) is 0 Å². The minimum Gasteiger partial charge on any atom is -0.348 e. The summed E-state index contributed by atoms with van der Waals surface area (Å²) in [4.78, 5) is 28.0. The van der Waals surface area contributed by atoms with E-state index in [1.165, 1.54) is 0 Å². The molecule has 0 radical (unpaired) electrons. The molecule has 2 amide bonds. The molecule has 1 aromatic rings. The van der Waals surface area contributed by atoms with Gasteiger partial charge in [-0.25, -0.2) is 0 Å². The van der Waals surface area contributed by atoms with Crippen LogP contribution in [0.5, 0.6) is 0 Å². The number of nitrogens with zero attached hydrogens (tertiary/aromatic N) is 2. The summed E-state index contributed by atoms with van der Waals surface area (Å²) >= 11 is 5.98. The summed E-state index contributed by atoms with van der Waals surface area (Å²) in [5.74, 6) is -0.00544. The maximum absolute atomic E-state index is 12.3. The molecule has 2 atom stereocenters. The third kappa shape index (κ3) is 4.69. The predicted octanol–water partition coefficient (Wildman–Crippen LogP) is 2.07. The number of carbonyl (C=O) groups is 2. The normalized spacial score (nSPS) is 19.4. The van der Waals surface area contributed by atoms with E-state index in [-0.39, 0.29) is 30.4 Å². The van der Waals surface area contributed by atoms with Crippen LogP contribution in [0.15, 0.2) is 24.3 Å². The second-order valence-corrected chi connectivity index (χ2v) is 6.64. The molecule has 0 aromatic heterocycles. The Morgan fingerprint density at radius 3 is 2.83 bits per heavy atom. The van der Waals surface area contributed by atoms with Crippen LogP contribution in [0.4, 0.5) is 0 Å². The number of likely N-dealkylation sites (N-methyl/N-ethyl adjacent to an activating group) is 1. The van der Waals surface area contributed by atoms with Crippen LogP contribution >= 0.6 is 11.6 Å². The van der Waals surface area contributed by atoms with Gasteiger partial charge in [-0.2, -0.15) is 0 Å². The van der Waals surface area contributed by atoms with E-state index in [0.717, 1.165) is 24.9 Å². The van der Waals surface area contributed by atoms with Crippen LogP contribution in [-0.2, 0) is 9.59 Å². The van der Waals surface area contributed by atoms with Crippen molar-refractivity contribution < 1.29 is 9.59 Å². The molecule has 6 heteroatoms. The highest BCUT2D eigenvalue weighted by molar-refractivity contribution is 6.30. The number of carbonyl (C=O) groups excluding carboxylic acids is 2. The third-order valence-electron chi connectivity index (χ3n) is 4.16. The number of halogens is 1.